The fourth-order valence-electron chi connectivity index (χ4n) is 3.63. The molecule has 2 amide bonds. The van der Waals surface area contributed by atoms with Crippen LogP contribution in [0.2, 0.25) is 0 Å². The molecule has 1 N–H and O–H groups in total. The highest BCUT2D eigenvalue weighted by Crippen LogP contribution is 2.19. The molecule has 0 spiro atoms. The van der Waals surface area contributed by atoms with Gasteiger partial charge in [-0.25, -0.2) is 4.39 Å². The van der Waals surface area contributed by atoms with Gasteiger partial charge in [-0.1, -0.05) is 77.5 Å². The van der Waals surface area contributed by atoms with Crippen molar-refractivity contribution in [3.05, 3.63) is 106 Å². The third-order valence-electron chi connectivity index (χ3n) is 5.33. The molecule has 172 valence electrons. The first-order valence-electron chi connectivity index (χ1n) is 11.1. The van der Waals surface area contributed by atoms with Crippen LogP contribution in [-0.2, 0) is 29.0 Å². The van der Waals surface area contributed by atoms with Crippen molar-refractivity contribution in [2.24, 2.45) is 0 Å². The second-order valence-corrected chi connectivity index (χ2v) is 8.87. The van der Waals surface area contributed by atoms with Crippen LogP contribution in [0.3, 0.4) is 0 Å². The van der Waals surface area contributed by atoms with E-state index in [1.165, 1.54) is 12.1 Å². The molecule has 0 heterocycles. The zero-order valence-electron chi connectivity index (χ0n) is 18.6. The van der Waals surface area contributed by atoms with Gasteiger partial charge < -0.3 is 10.2 Å². The molecule has 3 aromatic rings. The second-order valence-electron chi connectivity index (χ2n) is 7.95. The van der Waals surface area contributed by atoms with E-state index in [1.807, 2.05) is 61.5 Å². The Labute approximate surface area is 202 Å². The lowest BCUT2D eigenvalue weighted by molar-refractivity contribution is -0.140. The molecule has 0 aliphatic rings. The molecule has 0 saturated carbocycles. The Morgan fingerprint density at radius 2 is 1.64 bits per heavy atom. The molecule has 0 unspecified atom stereocenters. The average Bonchev–Trinajstić information content (AvgIpc) is 2.82. The number of benzene rings is 3. The number of carbonyl (C=O) groups is 2. The number of hydrogen-bond donors (Lipinski definition) is 1. The maximum absolute atomic E-state index is 13.5. The van der Waals surface area contributed by atoms with Crippen LogP contribution in [0.5, 0.6) is 0 Å². The SMILES string of the molecule is CCCNC(=O)[C@@H](Cc1ccccc1)N(Cc1cccc(Br)c1)C(=O)Cc1ccc(F)cc1. The van der Waals surface area contributed by atoms with E-state index >= 15 is 0 Å². The predicted octanol–water partition coefficient (Wildman–Crippen LogP) is 5.30. The highest BCUT2D eigenvalue weighted by Gasteiger charge is 2.30. The molecule has 0 aliphatic heterocycles. The lowest BCUT2D eigenvalue weighted by Gasteiger charge is -2.31. The number of amides is 2. The quantitative estimate of drug-likeness (QED) is 0.402. The highest BCUT2D eigenvalue weighted by molar-refractivity contribution is 9.10. The van der Waals surface area contributed by atoms with Crippen molar-refractivity contribution < 1.29 is 14.0 Å². The van der Waals surface area contributed by atoms with Crippen LogP contribution in [0.15, 0.2) is 83.3 Å². The maximum atomic E-state index is 13.5. The molecule has 0 saturated heterocycles. The molecule has 3 aromatic carbocycles. The van der Waals surface area contributed by atoms with Crippen molar-refractivity contribution in [1.29, 1.82) is 0 Å². The summed E-state index contributed by atoms with van der Waals surface area (Å²) in [5.74, 6) is -0.713. The Kier molecular flexibility index (Phi) is 9.19. The van der Waals surface area contributed by atoms with E-state index in [0.29, 0.717) is 18.5 Å². The smallest absolute Gasteiger partial charge is 0.243 e. The average molecular weight is 511 g/mol. The van der Waals surface area contributed by atoms with Gasteiger partial charge in [0.25, 0.3) is 0 Å². The highest BCUT2D eigenvalue weighted by atomic mass is 79.9. The minimum Gasteiger partial charge on any atom is -0.354 e. The van der Waals surface area contributed by atoms with Crippen LogP contribution < -0.4 is 5.32 Å². The molecule has 0 bridgehead atoms. The Balaban J connectivity index is 1.94. The van der Waals surface area contributed by atoms with Crippen LogP contribution in [0.25, 0.3) is 0 Å². The van der Waals surface area contributed by atoms with E-state index in [1.54, 1.807) is 17.0 Å². The fourth-order valence-corrected chi connectivity index (χ4v) is 4.08. The first kappa shape index (κ1) is 24.6. The molecule has 33 heavy (non-hydrogen) atoms. The molecule has 4 nitrogen and oxygen atoms in total. The summed E-state index contributed by atoms with van der Waals surface area (Å²) in [7, 11) is 0. The van der Waals surface area contributed by atoms with E-state index in [0.717, 1.165) is 22.0 Å². The summed E-state index contributed by atoms with van der Waals surface area (Å²) < 4.78 is 14.3. The predicted molar refractivity (Wildman–Crippen MR) is 132 cm³/mol. The summed E-state index contributed by atoms with van der Waals surface area (Å²) in [5, 5.41) is 2.96. The fraction of sp³-hybridized carbons (Fsp3) is 0.259. The molecule has 0 aliphatic carbocycles. The number of nitrogens with one attached hydrogen (secondary N) is 1. The second kappa shape index (κ2) is 12.3. The van der Waals surface area contributed by atoms with Crippen LogP contribution >= 0.6 is 15.9 Å². The van der Waals surface area contributed by atoms with Gasteiger partial charge in [-0.3, -0.25) is 9.59 Å². The number of halogens is 2. The third-order valence-corrected chi connectivity index (χ3v) is 5.82. The molecule has 1 atom stereocenters. The normalized spacial score (nSPS) is 11.6. The summed E-state index contributed by atoms with van der Waals surface area (Å²) in [4.78, 5) is 28.4. The van der Waals surface area contributed by atoms with Gasteiger partial charge in [0, 0.05) is 24.0 Å². The third kappa shape index (κ3) is 7.53. The standard InChI is InChI=1S/C27H28BrFN2O2/c1-2-15-30-27(33)25(17-20-7-4-3-5-8-20)31(19-22-9-6-10-23(28)16-22)26(32)18-21-11-13-24(29)14-12-21/h3-14,16,25H,2,15,17-19H2,1H3,(H,30,33)/t25-/m1/s1. The summed E-state index contributed by atoms with van der Waals surface area (Å²) in [6, 6.07) is 22.6. The molecule has 6 heteroatoms. The van der Waals surface area contributed by atoms with Crippen molar-refractivity contribution in [2.45, 2.75) is 38.8 Å². The van der Waals surface area contributed by atoms with Crippen LogP contribution in [0.4, 0.5) is 4.39 Å². The van der Waals surface area contributed by atoms with Gasteiger partial charge in [-0.05, 0) is 47.4 Å². The topological polar surface area (TPSA) is 49.4 Å². The molecule has 0 aromatic heterocycles. The maximum Gasteiger partial charge on any atom is 0.243 e. The molecule has 0 fully saturated rings. The van der Waals surface area contributed by atoms with E-state index < -0.39 is 6.04 Å². The number of carbonyl (C=O) groups excluding carboxylic acids is 2. The number of nitrogens with zero attached hydrogens (tertiary/aromatic N) is 1. The molecular weight excluding hydrogens is 483 g/mol. The van der Waals surface area contributed by atoms with E-state index in [-0.39, 0.29) is 30.6 Å². The largest absolute Gasteiger partial charge is 0.354 e. The first-order valence-corrected chi connectivity index (χ1v) is 11.9. The first-order chi connectivity index (χ1) is 16.0. The van der Waals surface area contributed by atoms with Crippen molar-refractivity contribution in [2.75, 3.05) is 6.54 Å². The van der Waals surface area contributed by atoms with E-state index in [2.05, 4.69) is 21.2 Å². The van der Waals surface area contributed by atoms with E-state index in [9.17, 15) is 14.0 Å². The van der Waals surface area contributed by atoms with Crippen molar-refractivity contribution in [3.63, 3.8) is 0 Å². The monoisotopic (exact) mass is 510 g/mol. The lowest BCUT2D eigenvalue weighted by Crippen LogP contribution is -2.51. The molecule has 0 radical (unpaired) electrons. The minimum atomic E-state index is -0.675. The van der Waals surface area contributed by atoms with Gasteiger partial charge in [0.15, 0.2) is 0 Å². The summed E-state index contributed by atoms with van der Waals surface area (Å²) in [5.41, 5.74) is 2.59. The zero-order valence-corrected chi connectivity index (χ0v) is 20.2. The number of rotatable bonds is 10. The van der Waals surface area contributed by atoms with Gasteiger partial charge in [-0.15, -0.1) is 0 Å². The molecule has 3 rings (SSSR count). The summed E-state index contributed by atoms with van der Waals surface area (Å²) in [6.07, 6.45) is 1.29. The Morgan fingerprint density at radius 1 is 0.939 bits per heavy atom. The summed E-state index contributed by atoms with van der Waals surface area (Å²) in [6.45, 7) is 2.82. The van der Waals surface area contributed by atoms with Crippen molar-refractivity contribution in [3.8, 4) is 0 Å². The van der Waals surface area contributed by atoms with Crippen LogP contribution in [-0.4, -0.2) is 29.3 Å². The Hall–Kier alpha value is -2.99. The zero-order chi connectivity index (χ0) is 23.6. The lowest BCUT2D eigenvalue weighted by atomic mass is 10.0. The van der Waals surface area contributed by atoms with Crippen LogP contribution in [0, 0.1) is 5.82 Å². The minimum absolute atomic E-state index is 0.0840. The van der Waals surface area contributed by atoms with Crippen molar-refractivity contribution >= 4 is 27.7 Å². The van der Waals surface area contributed by atoms with Gasteiger partial charge in [-0.2, -0.15) is 0 Å². The van der Waals surface area contributed by atoms with Crippen molar-refractivity contribution in [1.82, 2.24) is 10.2 Å². The van der Waals surface area contributed by atoms with Gasteiger partial charge >= 0.3 is 0 Å². The van der Waals surface area contributed by atoms with E-state index in [4.69, 9.17) is 0 Å². The Morgan fingerprint density at radius 3 is 2.30 bits per heavy atom. The van der Waals surface area contributed by atoms with Gasteiger partial charge in [0.1, 0.15) is 11.9 Å². The number of hydrogen-bond acceptors (Lipinski definition) is 2. The van der Waals surface area contributed by atoms with Gasteiger partial charge in [0.2, 0.25) is 11.8 Å². The van der Waals surface area contributed by atoms with Crippen LogP contribution in [0.1, 0.15) is 30.0 Å². The molecular formula is C27H28BrFN2O2. The summed E-state index contributed by atoms with van der Waals surface area (Å²) >= 11 is 3.49. The van der Waals surface area contributed by atoms with Gasteiger partial charge in [0.05, 0.1) is 6.42 Å². The Bertz CT molecular complexity index is 1060.